The van der Waals surface area contributed by atoms with Gasteiger partial charge in [-0.1, -0.05) is 42.8 Å². The topological polar surface area (TPSA) is 42.0 Å². The van der Waals surface area contributed by atoms with E-state index in [0.717, 1.165) is 20.6 Å². The Bertz CT molecular complexity index is 659. The fourth-order valence-electron chi connectivity index (χ4n) is 1.85. The highest BCUT2D eigenvalue weighted by Crippen LogP contribution is 2.26. The third-order valence-corrected chi connectivity index (χ3v) is 5.03. The summed E-state index contributed by atoms with van der Waals surface area (Å²) in [5.74, 6) is -0.0645. The SMILES string of the molecule is Cc1cc(Br)ccc1CNC(=O)c1cnc(C(C)(C)C)s1. The lowest BCUT2D eigenvalue weighted by Crippen LogP contribution is -2.22. The van der Waals surface area contributed by atoms with Crippen LogP contribution in [0.3, 0.4) is 0 Å². The van der Waals surface area contributed by atoms with Crippen LogP contribution in [0.2, 0.25) is 0 Å². The Morgan fingerprint density at radius 2 is 2.10 bits per heavy atom. The van der Waals surface area contributed by atoms with E-state index in [1.54, 1.807) is 6.20 Å². The van der Waals surface area contributed by atoms with E-state index in [9.17, 15) is 4.79 Å². The van der Waals surface area contributed by atoms with Crippen LogP contribution in [-0.2, 0) is 12.0 Å². The molecule has 1 aromatic carbocycles. The summed E-state index contributed by atoms with van der Waals surface area (Å²) in [5, 5.41) is 3.94. The Hall–Kier alpha value is -1.20. The third-order valence-electron chi connectivity index (χ3n) is 3.12. The zero-order chi connectivity index (χ0) is 15.6. The highest BCUT2D eigenvalue weighted by Gasteiger charge is 2.20. The lowest BCUT2D eigenvalue weighted by atomic mass is 9.98. The second-order valence-corrected chi connectivity index (χ2v) is 7.98. The van der Waals surface area contributed by atoms with Gasteiger partial charge in [0.2, 0.25) is 0 Å². The molecule has 0 atom stereocenters. The van der Waals surface area contributed by atoms with Gasteiger partial charge in [-0.15, -0.1) is 11.3 Å². The van der Waals surface area contributed by atoms with Gasteiger partial charge in [-0.3, -0.25) is 4.79 Å². The summed E-state index contributed by atoms with van der Waals surface area (Å²) in [5.41, 5.74) is 2.25. The van der Waals surface area contributed by atoms with Gasteiger partial charge in [0.25, 0.3) is 5.91 Å². The van der Waals surface area contributed by atoms with Gasteiger partial charge in [0.15, 0.2) is 0 Å². The van der Waals surface area contributed by atoms with Crippen LogP contribution in [0.4, 0.5) is 0 Å². The van der Waals surface area contributed by atoms with Crippen LogP contribution in [0.25, 0.3) is 0 Å². The number of carbonyl (C=O) groups is 1. The number of hydrogen-bond donors (Lipinski definition) is 1. The van der Waals surface area contributed by atoms with Crippen molar-refractivity contribution < 1.29 is 4.79 Å². The summed E-state index contributed by atoms with van der Waals surface area (Å²) in [6.07, 6.45) is 1.66. The summed E-state index contributed by atoms with van der Waals surface area (Å²) in [7, 11) is 0. The number of rotatable bonds is 3. The fourth-order valence-corrected chi connectivity index (χ4v) is 3.21. The van der Waals surface area contributed by atoms with Crippen molar-refractivity contribution in [1.29, 1.82) is 0 Å². The van der Waals surface area contributed by atoms with Crippen LogP contribution in [0.1, 0.15) is 46.6 Å². The molecule has 0 bridgehead atoms. The first kappa shape index (κ1) is 16.2. The second-order valence-electron chi connectivity index (χ2n) is 6.03. The van der Waals surface area contributed by atoms with Crippen LogP contribution < -0.4 is 5.32 Å². The van der Waals surface area contributed by atoms with Gasteiger partial charge in [-0.05, 0) is 30.2 Å². The van der Waals surface area contributed by atoms with E-state index in [-0.39, 0.29) is 11.3 Å². The summed E-state index contributed by atoms with van der Waals surface area (Å²) in [4.78, 5) is 17.2. The number of carbonyl (C=O) groups excluding carboxylic acids is 1. The number of nitrogens with zero attached hydrogens (tertiary/aromatic N) is 1. The van der Waals surface area contributed by atoms with Gasteiger partial charge in [0, 0.05) is 16.4 Å². The summed E-state index contributed by atoms with van der Waals surface area (Å²) in [6, 6.07) is 6.05. The van der Waals surface area contributed by atoms with Crippen molar-refractivity contribution in [3.8, 4) is 0 Å². The Kier molecular flexibility index (Phi) is 4.84. The van der Waals surface area contributed by atoms with Crippen molar-refractivity contribution >= 4 is 33.2 Å². The Morgan fingerprint density at radius 3 is 2.67 bits per heavy atom. The van der Waals surface area contributed by atoms with Gasteiger partial charge in [-0.25, -0.2) is 4.98 Å². The van der Waals surface area contributed by atoms with Crippen molar-refractivity contribution in [3.05, 3.63) is 49.9 Å². The van der Waals surface area contributed by atoms with Gasteiger partial charge in [0.05, 0.1) is 11.2 Å². The van der Waals surface area contributed by atoms with Gasteiger partial charge >= 0.3 is 0 Å². The molecule has 0 spiro atoms. The van der Waals surface area contributed by atoms with Crippen molar-refractivity contribution in [2.75, 3.05) is 0 Å². The number of nitrogens with one attached hydrogen (secondary N) is 1. The predicted octanol–water partition coefficient (Wildman–Crippen LogP) is 4.44. The summed E-state index contributed by atoms with van der Waals surface area (Å²) in [6.45, 7) is 8.85. The summed E-state index contributed by atoms with van der Waals surface area (Å²) >= 11 is 4.90. The standard InChI is InChI=1S/C16H19BrN2OS/c1-10-7-12(17)6-5-11(10)8-18-14(20)13-9-19-15(21-13)16(2,3)4/h5-7,9H,8H2,1-4H3,(H,18,20). The molecule has 0 radical (unpaired) electrons. The first-order valence-corrected chi connectivity index (χ1v) is 8.38. The molecule has 1 amide bonds. The zero-order valence-electron chi connectivity index (χ0n) is 12.7. The number of aromatic nitrogens is 1. The number of aryl methyl sites for hydroxylation is 1. The van der Waals surface area contributed by atoms with Crippen LogP contribution in [0, 0.1) is 6.92 Å². The summed E-state index contributed by atoms with van der Waals surface area (Å²) < 4.78 is 1.05. The minimum Gasteiger partial charge on any atom is -0.347 e. The molecule has 0 saturated carbocycles. The zero-order valence-corrected chi connectivity index (χ0v) is 15.1. The van der Waals surface area contributed by atoms with Crippen molar-refractivity contribution in [2.45, 2.75) is 39.7 Å². The highest BCUT2D eigenvalue weighted by molar-refractivity contribution is 9.10. The first-order valence-electron chi connectivity index (χ1n) is 6.77. The fraction of sp³-hybridized carbons (Fsp3) is 0.375. The van der Waals surface area contributed by atoms with E-state index in [2.05, 4.69) is 47.0 Å². The van der Waals surface area contributed by atoms with E-state index in [0.29, 0.717) is 11.4 Å². The maximum atomic E-state index is 12.2. The molecule has 112 valence electrons. The molecule has 1 heterocycles. The van der Waals surface area contributed by atoms with Crippen LogP contribution in [-0.4, -0.2) is 10.9 Å². The van der Waals surface area contributed by atoms with E-state index in [1.807, 2.05) is 25.1 Å². The smallest absolute Gasteiger partial charge is 0.263 e. The van der Waals surface area contributed by atoms with Crippen molar-refractivity contribution in [2.24, 2.45) is 0 Å². The number of halogens is 1. The van der Waals surface area contributed by atoms with Crippen LogP contribution in [0.15, 0.2) is 28.9 Å². The molecule has 0 aliphatic heterocycles. The van der Waals surface area contributed by atoms with Crippen molar-refractivity contribution in [1.82, 2.24) is 10.3 Å². The lowest BCUT2D eigenvalue weighted by molar-refractivity contribution is 0.0954. The number of thiazole rings is 1. The molecule has 21 heavy (non-hydrogen) atoms. The largest absolute Gasteiger partial charge is 0.347 e. The average Bonchev–Trinajstić information content (AvgIpc) is 2.87. The average molecular weight is 367 g/mol. The van der Waals surface area contributed by atoms with Gasteiger partial charge in [-0.2, -0.15) is 0 Å². The normalized spacial score (nSPS) is 11.5. The molecule has 0 aliphatic carbocycles. The molecule has 2 rings (SSSR count). The highest BCUT2D eigenvalue weighted by atomic mass is 79.9. The minimum absolute atomic E-state index is 0.0223. The molecule has 1 aromatic heterocycles. The molecule has 0 saturated heterocycles. The molecule has 0 unspecified atom stereocenters. The van der Waals surface area contributed by atoms with Crippen molar-refractivity contribution in [3.63, 3.8) is 0 Å². The van der Waals surface area contributed by atoms with Crippen LogP contribution >= 0.6 is 27.3 Å². The first-order chi connectivity index (χ1) is 9.77. The number of amides is 1. The molecular weight excluding hydrogens is 348 g/mol. The maximum Gasteiger partial charge on any atom is 0.263 e. The minimum atomic E-state index is -0.0645. The number of benzene rings is 1. The molecule has 2 aromatic rings. The molecule has 0 aliphatic rings. The lowest BCUT2D eigenvalue weighted by Gasteiger charge is -2.13. The van der Waals surface area contributed by atoms with E-state index >= 15 is 0 Å². The Balaban J connectivity index is 2.03. The number of hydrogen-bond acceptors (Lipinski definition) is 3. The third kappa shape index (κ3) is 4.14. The van der Waals surface area contributed by atoms with E-state index < -0.39 is 0 Å². The maximum absolute atomic E-state index is 12.2. The van der Waals surface area contributed by atoms with E-state index in [4.69, 9.17) is 0 Å². The second kappa shape index (κ2) is 6.28. The molecule has 0 fully saturated rings. The Morgan fingerprint density at radius 1 is 1.38 bits per heavy atom. The van der Waals surface area contributed by atoms with E-state index in [1.165, 1.54) is 11.3 Å². The quantitative estimate of drug-likeness (QED) is 0.871. The Labute approximate surface area is 137 Å². The van der Waals surface area contributed by atoms with Gasteiger partial charge in [0.1, 0.15) is 4.88 Å². The monoisotopic (exact) mass is 366 g/mol. The molecule has 3 nitrogen and oxygen atoms in total. The van der Waals surface area contributed by atoms with Gasteiger partial charge < -0.3 is 5.32 Å². The predicted molar refractivity (Wildman–Crippen MR) is 90.9 cm³/mol. The molecular formula is C16H19BrN2OS. The molecule has 1 N–H and O–H groups in total. The van der Waals surface area contributed by atoms with Crippen LogP contribution in [0.5, 0.6) is 0 Å². The molecule has 5 heteroatoms.